The van der Waals surface area contributed by atoms with Crippen LogP contribution in [0.1, 0.15) is 19.3 Å². The molecule has 0 spiro atoms. The van der Waals surface area contributed by atoms with E-state index in [2.05, 4.69) is 20.3 Å². The third kappa shape index (κ3) is 4.34. The summed E-state index contributed by atoms with van der Waals surface area (Å²) in [5.74, 6) is -1.40. The molecule has 12 nitrogen and oxygen atoms in total. The molecule has 0 aliphatic rings. The van der Waals surface area contributed by atoms with Crippen LogP contribution in [0.4, 0.5) is 11.8 Å². The minimum Gasteiger partial charge on any atom is -0.480 e. The van der Waals surface area contributed by atoms with Gasteiger partial charge in [-0.2, -0.15) is 9.97 Å². The summed E-state index contributed by atoms with van der Waals surface area (Å²) >= 11 is 0. The highest BCUT2D eigenvalue weighted by molar-refractivity contribution is 5.84. The average Bonchev–Trinajstić information content (AvgIpc) is 2.54. The third-order valence-electron chi connectivity index (χ3n) is 3.85. The fraction of sp³-hybridized carbons (Fsp3) is 0.500. The zero-order chi connectivity index (χ0) is 19.3. The Morgan fingerprint density at radius 3 is 2.65 bits per heavy atom. The molecule has 0 saturated carbocycles. The van der Waals surface area contributed by atoms with Crippen LogP contribution >= 0.6 is 0 Å². The van der Waals surface area contributed by atoms with Crippen molar-refractivity contribution >= 4 is 28.8 Å². The number of rotatable bonds is 9. The van der Waals surface area contributed by atoms with Crippen LogP contribution in [0, 0.1) is 0 Å². The molecule has 9 N–H and O–H groups in total. The molecule has 0 aliphatic heterocycles. The maximum absolute atomic E-state index is 12.1. The number of nitrogens with zero attached hydrogens (tertiary/aromatic N) is 3. The highest BCUT2D eigenvalue weighted by Crippen LogP contribution is 2.10. The second-order valence-electron chi connectivity index (χ2n) is 5.71. The molecule has 0 radical (unpaired) electrons. The number of unbranched alkanes of at least 4 members (excludes halogenated alkanes) is 1. The number of aromatic amines is 1. The molecular formula is C14H22N8O4. The topological polar surface area (TPSA) is 208 Å². The van der Waals surface area contributed by atoms with Crippen molar-refractivity contribution in [3.63, 3.8) is 0 Å². The number of nitrogens with one attached hydrogen (secondary N) is 2. The first-order valence-corrected chi connectivity index (χ1v) is 8.07. The Morgan fingerprint density at radius 2 is 2.00 bits per heavy atom. The van der Waals surface area contributed by atoms with E-state index in [1.165, 1.54) is 0 Å². The first kappa shape index (κ1) is 19.3. The first-order chi connectivity index (χ1) is 12.3. The normalized spacial score (nSPS) is 12.3. The summed E-state index contributed by atoms with van der Waals surface area (Å²) in [6.45, 7) is 0.681. The average molecular weight is 366 g/mol. The highest BCUT2D eigenvalue weighted by Gasteiger charge is 2.17. The van der Waals surface area contributed by atoms with Gasteiger partial charge in [-0.1, -0.05) is 6.42 Å². The van der Waals surface area contributed by atoms with Crippen LogP contribution in [0.2, 0.25) is 0 Å². The molecule has 2 aromatic heterocycles. The van der Waals surface area contributed by atoms with Crippen LogP contribution in [0.3, 0.4) is 0 Å². The van der Waals surface area contributed by atoms with Gasteiger partial charge in [0.05, 0.1) is 0 Å². The number of carboxylic acid groups (broad SMARTS) is 1. The zero-order valence-electron chi connectivity index (χ0n) is 14.1. The highest BCUT2D eigenvalue weighted by atomic mass is 16.4. The molecule has 1 atom stereocenters. The molecule has 2 heterocycles. The quantitative estimate of drug-likeness (QED) is 0.264. The molecule has 0 aliphatic carbocycles. The van der Waals surface area contributed by atoms with Crippen LogP contribution in [-0.4, -0.2) is 49.7 Å². The molecular weight excluding hydrogens is 344 g/mol. The fourth-order valence-corrected chi connectivity index (χ4v) is 2.57. The van der Waals surface area contributed by atoms with E-state index >= 15 is 0 Å². The predicted octanol–water partition coefficient (Wildman–Crippen LogP) is -2.18. The van der Waals surface area contributed by atoms with Gasteiger partial charge in [-0.15, -0.1) is 0 Å². The second kappa shape index (κ2) is 8.40. The van der Waals surface area contributed by atoms with Crippen molar-refractivity contribution in [1.82, 2.24) is 24.8 Å². The lowest BCUT2D eigenvalue weighted by molar-refractivity contribution is -0.139. The van der Waals surface area contributed by atoms with E-state index in [9.17, 15) is 19.5 Å². The molecule has 12 heteroatoms. The van der Waals surface area contributed by atoms with E-state index in [-0.39, 0.29) is 35.9 Å². The van der Waals surface area contributed by atoms with Crippen molar-refractivity contribution in [3.8, 4) is 0 Å². The molecule has 0 unspecified atom stereocenters. The van der Waals surface area contributed by atoms with Crippen molar-refractivity contribution in [2.45, 2.75) is 31.8 Å². The molecule has 2 rings (SSSR count). The van der Waals surface area contributed by atoms with Gasteiger partial charge in [0.25, 0.3) is 5.56 Å². The van der Waals surface area contributed by atoms with Crippen molar-refractivity contribution in [2.24, 2.45) is 5.73 Å². The van der Waals surface area contributed by atoms with Gasteiger partial charge >= 0.3 is 11.7 Å². The zero-order valence-corrected chi connectivity index (χ0v) is 14.1. The smallest absolute Gasteiger partial charge is 0.351 e. The van der Waals surface area contributed by atoms with E-state index in [0.717, 1.165) is 11.0 Å². The lowest BCUT2D eigenvalue weighted by atomic mass is 10.1. The Labute approximate surface area is 147 Å². The Hall–Kier alpha value is -2.99. The number of hydrogen-bond acceptors (Lipinski definition) is 9. The summed E-state index contributed by atoms with van der Waals surface area (Å²) in [7, 11) is 0. The number of aliphatic carboxylic acids is 1. The van der Waals surface area contributed by atoms with Gasteiger partial charge in [0.15, 0.2) is 5.65 Å². The Morgan fingerprint density at radius 1 is 1.27 bits per heavy atom. The Kier molecular flexibility index (Phi) is 6.25. The molecule has 142 valence electrons. The standard InChI is InChI=1S/C14H22N8O4/c15-4-2-1-3-7(12(24)25)18-5-6-22-10-8(9(16)19-14(22)26)11(23)21-13(17)20-10/h7,18H,1-6,15H2,(H,24,25)(H2,16,19,26)(H3,17,20,21,23)/t7-/m0/s1. The minimum absolute atomic E-state index is 0.000516. The summed E-state index contributed by atoms with van der Waals surface area (Å²) in [6, 6.07) is -0.772. The lowest BCUT2D eigenvalue weighted by Crippen LogP contribution is -2.40. The number of carboxylic acids is 1. The molecule has 2 aromatic rings. The molecule has 0 fully saturated rings. The number of anilines is 2. The van der Waals surface area contributed by atoms with Crippen molar-refractivity contribution in [2.75, 3.05) is 24.6 Å². The monoisotopic (exact) mass is 366 g/mol. The largest absolute Gasteiger partial charge is 0.480 e. The van der Waals surface area contributed by atoms with Crippen molar-refractivity contribution in [3.05, 3.63) is 20.8 Å². The molecule has 0 saturated heterocycles. The van der Waals surface area contributed by atoms with Crippen LogP contribution in [0.15, 0.2) is 9.59 Å². The van der Waals surface area contributed by atoms with Crippen LogP contribution in [0.5, 0.6) is 0 Å². The summed E-state index contributed by atoms with van der Waals surface area (Å²) in [5, 5.41) is 12.1. The number of nitrogen functional groups attached to an aromatic ring is 2. The van der Waals surface area contributed by atoms with E-state index in [1.807, 2.05) is 0 Å². The lowest BCUT2D eigenvalue weighted by Gasteiger charge is -2.15. The SMILES string of the molecule is NCCCC[C@H](NCCn1c(=O)nc(N)c2c(=O)[nH]c(N)nc21)C(=O)O. The molecule has 0 amide bonds. The number of aromatic nitrogens is 4. The minimum atomic E-state index is -0.992. The number of nitrogens with two attached hydrogens (primary N) is 3. The summed E-state index contributed by atoms with van der Waals surface area (Å²) in [5.41, 5.74) is 15.3. The van der Waals surface area contributed by atoms with Crippen molar-refractivity contribution < 1.29 is 9.90 Å². The van der Waals surface area contributed by atoms with Crippen molar-refractivity contribution in [1.29, 1.82) is 0 Å². The number of H-pyrrole nitrogens is 1. The van der Waals surface area contributed by atoms with Crippen LogP contribution in [-0.2, 0) is 11.3 Å². The van der Waals surface area contributed by atoms with Crippen LogP contribution < -0.4 is 33.8 Å². The number of carbonyl (C=O) groups is 1. The Balaban J connectivity index is 2.22. The van der Waals surface area contributed by atoms with Crippen LogP contribution in [0.25, 0.3) is 11.0 Å². The van der Waals surface area contributed by atoms with Gasteiger partial charge in [0, 0.05) is 13.1 Å². The maximum Gasteiger partial charge on any atom is 0.351 e. The summed E-state index contributed by atoms with van der Waals surface area (Å²) in [4.78, 5) is 45.3. The van der Waals surface area contributed by atoms with Gasteiger partial charge in [0.2, 0.25) is 5.95 Å². The molecule has 0 aromatic carbocycles. The third-order valence-corrected chi connectivity index (χ3v) is 3.85. The van der Waals surface area contributed by atoms with Gasteiger partial charge < -0.3 is 27.6 Å². The first-order valence-electron chi connectivity index (χ1n) is 8.07. The Bertz CT molecular complexity index is 906. The fourth-order valence-electron chi connectivity index (χ4n) is 2.57. The summed E-state index contributed by atoms with van der Waals surface area (Å²) < 4.78 is 1.13. The second-order valence-corrected chi connectivity index (χ2v) is 5.71. The van der Waals surface area contributed by atoms with Gasteiger partial charge in [-0.05, 0) is 19.4 Å². The maximum atomic E-state index is 12.1. The number of fused-ring (bicyclic) bond motifs is 1. The van der Waals surface area contributed by atoms with E-state index < -0.39 is 23.3 Å². The predicted molar refractivity (Wildman–Crippen MR) is 95.6 cm³/mol. The van der Waals surface area contributed by atoms with E-state index in [0.29, 0.717) is 19.4 Å². The molecule has 26 heavy (non-hydrogen) atoms. The van der Waals surface area contributed by atoms with Gasteiger partial charge in [0.1, 0.15) is 17.2 Å². The van der Waals surface area contributed by atoms with Gasteiger partial charge in [-0.25, -0.2) is 4.79 Å². The number of hydrogen-bond donors (Lipinski definition) is 6. The van der Waals surface area contributed by atoms with E-state index in [1.54, 1.807) is 0 Å². The van der Waals surface area contributed by atoms with E-state index in [4.69, 9.17) is 17.2 Å². The van der Waals surface area contributed by atoms with Gasteiger partial charge in [-0.3, -0.25) is 19.1 Å². The summed E-state index contributed by atoms with van der Waals surface area (Å²) in [6.07, 6.45) is 1.80. The molecule has 0 bridgehead atoms.